The fraction of sp³-hybridized carbons (Fsp3) is 0.357. The molecule has 0 aliphatic carbocycles. The summed E-state index contributed by atoms with van der Waals surface area (Å²) in [4.78, 5) is 17.2. The molecule has 2 aromatic rings. The van der Waals surface area contributed by atoms with Crippen molar-refractivity contribution < 1.29 is 4.79 Å². The molecule has 2 N–H and O–H groups in total. The monoisotopic (exact) mass is 243 g/mol. The van der Waals surface area contributed by atoms with Gasteiger partial charge in [-0.15, -0.1) is 0 Å². The first kappa shape index (κ1) is 11.3. The number of rotatable bonds is 2. The zero-order valence-corrected chi connectivity index (χ0v) is 10.3. The maximum absolute atomic E-state index is 12.1. The molecule has 3 rings (SSSR count). The number of carbonyl (C=O) groups is 1. The van der Waals surface area contributed by atoms with Crippen LogP contribution in [0.2, 0.25) is 0 Å². The van der Waals surface area contributed by atoms with Gasteiger partial charge in [-0.1, -0.05) is 12.1 Å². The highest BCUT2D eigenvalue weighted by Gasteiger charge is 2.16. The number of H-pyrrole nitrogens is 1. The molecule has 94 valence electrons. The Morgan fingerprint density at radius 3 is 2.89 bits per heavy atom. The van der Waals surface area contributed by atoms with Crippen LogP contribution in [0, 0.1) is 0 Å². The number of fused-ring (bicyclic) bond motifs is 1. The molecule has 18 heavy (non-hydrogen) atoms. The van der Waals surface area contributed by atoms with Crippen LogP contribution in [0.1, 0.15) is 5.56 Å². The minimum atomic E-state index is 0.224. The van der Waals surface area contributed by atoms with E-state index in [1.807, 2.05) is 23.2 Å². The number of nitrogens with one attached hydrogen (secondary N) is 2. The van der Waals surface area contributed by atoms with Gasteiger partial charge in [0, 0.05) is 37.9 Å². The lowest BCUT2D eigenvalue weighted by molar-refractivity contribution is -0.131. The third kappa shape index (κ3) is 2.24. The van der Waals surface area contributed by atoms with E-state index >= 15 is 0 Å². The molecule has 4 heteroatoms. The molecule has 0 atom stereocenters. The summed E-state index contributed by atoms with van der Waals surface area (Å²) in [5.74, 6) is 0.224. The zero-order valence-electron chi connectivity index (χ0n) is 10.3. The van der Waals surface area contributed by atoms with Crippen molar-refractivity contribution in [1.82, 2.24) is 15.2 Å². The van der Waals surface area contributed by atoms with Crippen LogP contribution in [-0.4, -0.2) is 42.0 Å². The second kappa shape index (κ2) is 4.82. The van der Waals surface area contributed by atoms with Crippen LogP contribution in [0.25, 0.3) is 10.9 Å². The molecule has 0 saturated carbocycles. The lowest BCUT2D eigenvalue weighted by Gasteiger charge is -2.27. The lowest BCUT2D eigenvalue weighted by Crippen LogP contribution is -2.46. The summed E-state index contributed by atoms with van der Waals surface area (Å²) in [5, 5.41) is 4.44. The van der Waals surface area contributed by atoms with E-state index in [9.17, 15) is 4.79 Å². The Hall–Kier alpha value is -1.81. The molecule has 1 saturated heterocycles. The molecule has 2 heterocycles. The third-order valence-corrected chi connectivity index (χ3v) is 3.44. The maximum atomic E-state index is 12.1. The maximum Gasteiger partial charge on any atom is 0.227 e. The Labute approximate surface area is 106 Å². The molecule has 1 fully saturated rings. The fourth-order valence-electron chi connectivity index (χ4n) is 2.41. The van der Waals surface area contributed by atoms with Crippen molar-refractivity contribution in [3.63, 3.8) is 0 Å². The number of hydrogen-bond donors (Lipinski definition) is 2. The average Bonchev–Trinajstić information content (AvgIpc) is 2.87. The summed E-state index contributed by atoms with van der Waals surface area (Å²) in [5.41, 5.74) is 2.18. The van der Waals surface area contributed by atoms with Gasteiger partial charge < -0.3 is 15.2 Å². The van der Waals surface area contributed by atoms with Crippen molar-refractivity contribution in [2.75, 3.05) is 26.2 Å². The summed E-state index contributed by atoms with van der Waals surface area (Å²) in [6.45, 7) is 3.45. The highest BCUT2D eigenvalue weighted by atomic mass is 16.2. The number of benzene rings is 1. The SMILES string of the molecule is O=C(Cc1ccc2cc[nH]c2c1)N1CCNCC1. The van der Waals surface area contributed by atoms with Crippen molar-refractivity contribution in [2.24, 2.45) is 0 Å². The summed E-state index contributed by atoms with van der Waals surface area (Å²) in [6.07, 6.45) is 2.42. The number of aromatic amines is 1. The number of hydrogen-bond acceptors (Lipinski definition) is 2. The third-order valence-electron chi connectivity index (χ3n) is 3.44. The molecule has 0 unspecified atom stereocenters. The van der Waals surface area contributed by atoms with Crippen molar-refractivity contribution in [2.45, 2.75) is 6.42 Å². The summed E-state index contributed by atoms with van der Waals surface area (Å²) < 4.78 is 0. The smallest absolute Gasteiger partial charge is 0.227 e. The predicted molar refractivity (Wildman–Crippen MR) is 71.5 cm³/mol. The van der Waals surface area contributed by atoms with Gasteiger partial charge >= 0.3 is 0 Å². The van der Waals surface area contributed by atoms with E-state index in [1.54, 1.807) is 0 Å². The predicted octanol–water partition coefficient (Wildman–Crippen LogP) is 1.14. The van der Waals surface area contributed by atoms with Gasteiger partial charge in [-0.05, 0) is 23.1 Å². The lowest BCUT2D eigenvalue weighted by atomic mass is 10.1. The van der Waals surface area contributed by atoms with Crippen LogP contribution in [-0.2, 0) is 11.2 Å². The van der Waals surface area contributed by atoms with Crippen LogP contribution in [0.4, 0.5) is 0 Å². The highest BCUT2D eigenvalue weighted by Crippen LogP contribution is 2.15. The molecule has 0 radical (unpaired) electrons. The average molecular weight is 243 g/mol. The van der Waals surface area contributed by atoms with Crippen LogP contribution < -0.4 is 5.32 Å². The highest BCUT2D eigenvalue weighted by molar-refractivity contribution is 5.83. The summed E-state index contributed by atoms with van der Waals surface area (Å²) in [7, 11) is 0. The fourth-order valence-corrected chi connectivity index (χ4v) is 2.41. The van der Waals surface area contributed by atoms with Crippen LogP contribution in [0.3, 0.4) is 0 Å². The van der Waals surface area contributed by atoms with E-state index in [-0.39, 0.29) is 5.91 Å². The number of carbonyl (C=O) groups excluding carboxylic acids is 1. The van der Waals surface area contributed by atoms with Crippen LogP contribution >= 0.6 is 0 Å². The Kier molecular flexibility index (Phi) is 3.02. The number of piperazine rings is 1. The van der Waals surface area contributed by atoms with Gasteiger partial charge in [-0.3, -0.25) is 4.79 Å². The van der Waals surface area contributed by atoms with Crippen molar-refractivity contribution in [1.29, 1.82) is 0 Å². The second-order valence-corrected chi connectivity index (χ2v) is 4.71. The molecular formula is C14H17N3O. The van der Waals surface area contributed by atoms with Crippen molar-refractivity contribution in [3.8, 4) is 0 Å². The van der Waals surface area contributed by atoms with Gasteiger partial charge in [0.05, 0.1) is 6.42 Å². The van der Waals surface area contributed by atoms with Crippen molar-refractivity contribution in [3.05, 3.63) is 36.0 Å². The Bertz CT molecular complexity index is 555. The molecule has 1 aromatic heterocycles. The Morgan fingerprint density at radius 2 is 2.06 bits per heavy atom. The van der Waals surface area contributed by atoms with E-state index in [0.29, 0.717) is 6.42 Å². The first-order valence-corrected chi connectivity index (χ1v) is 6.37. The number of aromatic nitrogens is 1. The quantitative estimate of drug-likeness (QED) is 0.831. The van der Waals surface area contributed by atoms with Gasteiger partial charge in [0.15, 0.2) is 0 Å². The van der Waals surface area contributed by atoms with E-state index in [4.69, 9.17) is 0 Å². The Balaban J connectivity index is 1.72. The normalized spacial score (nSPS) is 16.1. The van der Waals surface area contributed by atoms with Gasteiger partial charge in [0.2, 0.25) is 5.91 Å². The molecule has 1 aliphatic heterocycles. The molecule has 1 aliphatic rings. The van der Waals surface area contributed by atoms with Gasteiger partial charge in [-0.25, -0.2) is 0 Å². The van der Waals surface area contributed by atoms with E-state index < -0.39 is 0 Å². The number of amides is 1. The first-order valence-electron chi connectivity index (χ1n) is 6.37. The number of nitrogens with zero attached hydrogens (tertiary/aromatic N) is 1. The second-order valence-electron chi connectivity index (χ2n) is 4.71. The molecule has 1 amide bonds. The van der Waals surface area contributed by atoms with Gasteiger partial charge in [-0.2, -0.15) is 0 Å². The minimum Gasteiger partial charge on any atom is -0.361 e. The van der Waals surface area contributed by atoms with Crippen LogP contribution in [0.5, 0.6) is 0 Å². The molecule has 0 spiro atoms. The van der Waals surface area contributed by atoms with Gasteiger partial charge in [0.25, 0.3) is 0 Å². The van der Waals surface area contributed by atoms with E-state index in [2.05, 4.69) is 22.4 Å². The molecule has 4 nitrogen and oxygen atoms in total. The first-order chi connectivity index (χ1) is 8.83. The molecule has 0 bridgehead atoms. The minimum absolute atomic E-state index is 0.224. The van der Waals surface area contributed by atoms with Gasteiger partial charge in [0.1, 0.15) is 0 Å². The standard InChI is InChI=1S/C14H17N3O/c18-14(17-7-5-15-6-8-17)10-11-1-2-12-3-4-16-13(12)9-11/h1-4,9,15-16H,5-8,10H2. The largest absolute Gasteiger partial charge is 0.361 e. The van der Waals surface area contributed by atoms with E-state index in [0.717, 1.165) is 37.3 Å². The molecule has 1 aromatic carbocycles. The summed E-state index contributed by atoms with van der Waals surface area (Å²) in [6, 6.07) is 8.20. The zero-order chi connectivity index (χ0) is 12.4. The Morgan fingerprint density at radius 1 is 1.22 bits per heavy atom. The summed E-state index contributed by atoms with van der Waals surface area (Å²) >= 11 is 0. The van der Waals surface area contributed by atoms with E-state index in [1.165, 1.54) is 5.39 Å². The topological polar surface area (TPSA) is 48.1 Å². The van der Waals surface area contributed by atoms with Crippen molar-refractivity contribution >= 4 is 16.8 Å². The van der Waals surface area contributed by atoms with Crippen LogP contribution in [0.15, 0.2) is 30.5 Å². The molecular weight excluding hydrogens is 226 g/mol.